The number of aryl methyl sites for hydroxylation is 1. The van der Waals surface area contributed by atoms with Crippen LogP contribution in [-0.2, 0) is 17.8 Å². The number of hydrogen-bond donors (Lipinski definition) is 0. The van der Waals surface area contributed by atoms with Crippen molar-refractivity contribution in [1.29, 1.82) is 0 Å². The molecule has 0 unspecified atom stereocenters. The Labute approximate surface area is 58.7 Å². The molecule has 3 nitrogen and oxygen atoms in total. The van der Waals surface area contributed by atoms with Crippen LogP contribution in [0.1, 0.15) is 12.1 Å². The average Bonchev–Trinajstić information content (AvgIpc) is 2.33. The number of carbonyl (C=O) groups is 1. The largest absolute Gasteiger partial charge is 0.298 e. The van der Waals surface area contributed by atoms with E-state index >= 15 is 0 Å². The Hall–Kier alpha value is -1.12. The van der Waals surface area contributed by atoms with Crippen LogP contribution in [0.5, 0.6) is 0 Å². The minimum absolute atomic E-state index is 0.288. The summed E-state index contributed by atoms with van der Waals surface area (Å²) in [6, 6.07) is 1.96. The summed E-state index contributed by atoms with van der Waals surface area (Å²) < 4.78 is 1.77. The Morgan fingerprint density at radius 3 is 3.30 bits per heavy atom. The molecule has 0 fully saturated rings. The van der Waals surface area contributed by atoms with Crippen LogP contribution < -0.4 is 0 Å². The quantitative estimate of drug-likeness (QED) is 0.517. The van der Waals surface area contributed by atoms with Gasteiger partial charge in [-0.15, -0.1) is 0 Å². The zero-order valence-corrected chi connectivity index (χ0v) is 5.58. The molecule has 0 aliphatic carbocycles. The zero-order chi connectivity index (χ0) is 6.97. The molecule has 1 aromatic rings. The highest BCUT2D eigenvalue weighted by Crippen LogP contribution is 2.09. The van der Waals surface area contributed by atoms with Gasteiger partial charge in [-0.1, -0.05) is 0 Å². The van der Waals surface area contributed by atoms with Crippen molar-refractivity contribution in [3.05, 3.63) is 18.0 Å². The molecular formula is C7H8N2O. The second kappa shape index (κ2) is 1.94. The zero-order valence-electron chi connectivity index (χ0n) is 5.58. The van der Waals surface area contributed by atoms with Crippen molar-refractivity contribution in [2.24, 2.45) is 0 Å². The molecule has 0 saturated carbocycles. The van der Waals surface area contributed by atoms with Gasteiger partial charge in [0.25, 0.3) is 0 Å². The van der Waals surface area contributed by atoms with E-state index in [1.54, 1.807) is 10.9 Å². The summed E-state index contributed by atoms with van der Waals surface area (Å²) in [7, 11) is 0. The van der Waals surface area contributed by atoms with Crippen LogP contribution >= 0.6 is 0 Å². The van der Waals surface area contributed by atoms with Crippen LogP contribution in [0.15, 0.2) is 12.3 Å². The molecule has 3 heteroatoms. The van der Waals surface area contributed by atoms with E-state index in [0.717, 1.165) is 6.42 Å². The Morgan fingerprint density at radius 2 is 2.40 bits per heavy atom. The number of ketones is 1. The summed E-state index contributed by atoms with van der Waals surface area (Å²) in [6.07, 6.45) is 3.29. The van der Waals surface area contributed by atoms with E-state index in [9.17, 15) is 4.79 Å². The Bertz CT molecular complexity index is 264. The summed E-state index contributed by atoms with van der Waals surface area (Å²) in [4.78, 5) is 10.9. The van der Waals surface area contributed by atoms with E-state index in [1.807, 2.05) is 6.07 Å². The third-order valence-electron chi connectivity index (χ3n) is 1.79. The number of nitrogens with zero attached hydrogens (tertiary/aromatic N) is 2. The van der Waals surface area contributed by atoms with Crippen molar-refractivity contribution in [3.8, 4) is 0 Å². The second-order valence-electron chi connectivity index (χ2n) is 2.52. The van der Waals surface area contributed by atoms with E-state index < -0.39 is 0 Å². The summed E-state index contributed by atoms with van der Waals surface area (Å²) in [5.41, 5.74) is 1.18. The van der Waals surface area contributed by atoms with Crippen molar-refractivity contribution in [2.45, 2.75) is 19.4 Å². The number of fused-ring (bicyclic) bond motifs is 1. The third kappa shape index (κ3) is 0.744. The van der Waals surface area contributed by atoms with Crippen LogP contribution in [0.2, 0.25) is 0 Å². The highest BCUT2D eigenvalue weighted by Gasteiger charge is 2.13. The lowest BCUT2D eigenvalue weighted by atomic mass is 10.1. The van der Waals surface area contributed by atoms with Gasteiger partial charge >= 0.3 is 0 Å². The molecule has 10 heavy (non-hydrogen) atoms. The minimum Gasteiger partial charge on any atom is -0.298 e. The first kappa shape index (κ1) is 5.65. The molecular weight excluding hydrogens is 128 g/mol. The molecule has 1 aliphatic rings. The smallest absolute Gasteiger partial charge is 0.154 e. The van der Waals surface area contributed by atoms with E-state index in [-0.39, 0.29) is 5.78 Å². The maximum absolute atomic E-state index is 10.9. The van der Waals surface area contributed by atoms with E-state index in [2.05, 4.69) is 5.10 Å². The summed E-state index contributed by atoms with van der Waals surface area (Å²) in [5.74, 6) is 0.288. The Balaban J connectivity index is 2.39. The molecule has 1 aromatic heterocycles. The molecule has 0 N–H and O–H groups in total. The van der Waals surface area contributed by atoms with Gasteiger partial charge in [-0.05, 0) is 12.5 Å². The third-order valence-corrected chi connectivity index (χ3v) is 1.79. The maximum atomic E-state index is 10.9. The molecule has 0 atom stereocenters. The van der Waals surface area contributed by atoms with Crippen molar-refractivity contribution >= 4 is 5.78 Å². The molecule has 0 radical (unpaired) electrons. The van der Waals surface area contributed by atoms with Gasteiger partial charge in [-0.2, -0.15) is 5.10 Å². The van der Waals surface area contributed by atoms with Crippen LogP contribution in [-0.4, -0.2) is 15.6 Å². The molecule has 0 amide bonds. The molecule has 0 aromatic carbocycles. The van der Waals surface area contributed by atoms with Crippen molar-refractivity contribution in [2.75, 3.05) is 0 Å². The maximum Gasteiger partial charge on any atom is 0.154 e. The minimum atomic E-state index is 0.288. The van der Waals surface area contributed by atoms with Crippen molar-refractivity contribution in [1.82, 2.24) is 9.78 Å². The standard InChI is InChI=1S/C7H8N2O/c10-7-2-1-6-3-4-8-9(6)5-7/h3-4H,1-2,5H2. The first-order valence-electron chi connectivity index (χ1n) is 3.38. The van der Waals surface area contributed by atoms with Crippen LogP contribution in [0.25, 0.3) is 0 Å². The number of hydrogen-bond acceptors (Lipinski definition) is 2. The van der Waals surface area contributed by atoms with Crippen LogP contribution in [0.4, 0.5) is 0 Å². The Morgan fingerprint density at radius 1 is 1.50 bits per heavy atom. The average molecular weight is 136 g/mol. The molecule has 1 aliphatic heterocycles. The lowest BCUT2D eigenvalue weighted by Crippen LogP contribution is -2.19. The fourth-order valence-corrected chi connectivity index (χ4v) is 1.23. The number of carbonyl (C=O) groups excluding carboxylic acids is 1. The van der Waals surface area contributed by atoms with Crippen molar-refractivity contribution in [3.63, 3.8) is 0 Å². The first-order chi connectivity index (χ1) is 4.86. The molecule has 2 rings (SSSR count). The molecule has 0 saturated heterocycles. The SMILES string of the molecule is O=C1CCc2ccnn2C1. The monoisotopic (exact) mass is 136 g/mol. The van der Waals surface area contributed by atoms with Crippen LogP contribution in [0, 0.1) is 0 Å². The summed E-state index contributed by atoms with van der Waals surface area (Å²) in [5, 5.41) is 4.00. The van der Waals surface area contributed by atoms with Gasteiger partial charge in [-0.3, -0.25) is 9.48 Å². The van der Waals surface area contributed by atoms with Gasteiger partial charge in [0.1, 0.15) is 0 Å². The van der Waals surface area contributed by atoms with E-state index in [4.69, 9.17) is 0 Å². The predicted molar refractivity (Wildman–Crippen MR) is 35.6 cm³/mol. The normalized spacial score (nSPS) is 17.0. The molecule has 0 spiro atoms. The van der Waals surface area contributed by atoms with Gasteiger partial charge in [0, 0.05) is 18.3 Å². The second-order valence-corrected chi connectivity index (χ2v) is 2.52. The molecule has 2 heterocycles. The van der Waals surface area contributed by atoms with Gasteiger partial charge in [-0.25, -0.2) is 0 Å². The topological polar surface area (TPSA) is 34.9 Å². The van der Waals surface area contributed by atoms with Crippen LogP contribution in [0.3, 0.4) is 0 Å². The highest BCUT2D eigenvalue weighted by molar-refractivity contribution is 5.79. The Kier molecular flexibility index (Phi) is 1.09. The lowest BCUT2D eigenvalue weighted by Gasteiger charge is -2.11. The number of rotatable bonds is 0. The first-order valence-corrected chi connectivity index (χ1v) is 3.38. The summed E-state index contributed by atoms with van der Waals surface area (Å²) >= 11 is 0. The lowest BCUT2D eigenvalue weighted by molar-refractivity contribution is -0.120. The van der Waals surface area contributed by atoms with Gasteiger partial charge in [0.15, 0.2) is 5.78 Å². The van der Waals surface area contributed by atoms with Crippen molar-refractivity contribution < 1.29 is 4.79 Å². The fraction of sp³-hybridized carbons (Fsp3) is 0.429. The predicted octanol–water partition coefficient (Wildman–Crippen LogP) is 0.398. The van der Waals surface area contributed by atoms with Gasteiger partial charge < -0.3 is 0 Å². The summed E-state index contributed by atoms with van der Waals surface area (Å²) in [6.45, 7) is 0.475. The molecule has 52 valence electrons. The van der Waals surface area contributed by atoms with E-state index in [0.29, 0.717) is 13.0 Å². The van der Waals surface area contributed by atoms with Gasteiger partial charge in [0.05, 0.1) is 6.54 Å². The number of aromatic nitrogens is 2. The van der Waals surface area contributed by atoms with E-state index in [1.165, 1.54) is 5.69 Å². The fourth-order valence-electron chi connectivity index (χ4n) is 1.23. The van der Waals surface area contributed by atoms with Gasteiger partial charge in [0.2, 0.25) is 0 Å². The number of Topliss-reactive ketones (excluding diaryl/α,β-unsaturated/α-hetero) is 1. The molecule has 0 bridgehead atoms. The highest BCUT2D eigenvalue weighted by atomic mass is 16.1.